The minimum atomic E-state index is -0.850. The molecule has 0 aliphatic carbocycles. The molecule has 0 aromatic carbocycles. The molecule has 3 heterocycles. The monoisotopic (exact) mass is 260 g/mol. The van der Waals surface area contributed by atoms with Crippen molar-refractivity contribution in [2.75, 3.05) is 13.1 Å². The number of nitrogens with zero attached hydrogens (tertiary/aromatic N) is 4. The molecule has 1 fully saturated rings. The van der Waals surface area contributed by atoms with E-state index in [1.54, 1.807) is 28.0 Å². The van der Waals surface area contributed by atoms with Crippen molar-refractivity contribution in [3.05, 3.63) is 30.4 Å². The number of carboxylic acids is 1. The third-order valence-corrected chi connectivity index (χ3v) is 3.38. The lowest BCUT2D eigenvalue weighted by molar-refractivity contribution is -0.141. The summed E-state index contributed by atoms with van der Waals surface area (Å²) in [4.78, 5) is 28.8. The van der Waals surface area contributed by atoms with Crippen molar-refractivity contribution < 1.29 is 14.7 Å². The van der Waals surface area contributed by atoms with Crippen LogP contribution in [0.25, 0.3) is 5.52 Å². The van der Waals surface area contributed by atoms with Crippen LogP contribution in [-0.4, -0.2) is 49.6 Å². The Kier molecular flexibility index (Phi) is 2.66. The molecule has 1 atom stereocenters. The van der Waals surface area contributed by atoms with Gasteiger partial charge in [0.25, 0.3) is 5.91 Å². The SMILES string of the molecule is O=C(O)C1CCN(C(=O)c2cnn3ccncc23)C1. The lowest BCUT2D eigenvalue weighted by atomic mass is 10.1. The number of fused-ring (bicyclic) bond motifs is 1. The summed E-state index contributed by atoms with van der Waals surface area (Å²) in [5.41, 5.74) is 1.09. The minimum Gasteiger partial charge on any atom is -0.481 e. The summed E-state index contributed by atoms with van der Waals surface area (Å²) in [6, 6.07) is 0. The van der Waals surface area contributed by atoms with Crippen molar-refractivity contribution in [3.63, 3.8) is 0 Å². The predicted molar refractivity (Wildman–Crippen MR) is 64.6 cm³/mol. The van der Waals surface area contributed by atoms with Crippen LogP contribution in [-0.2, 0) is 4.79 Å². The molecule has 1 N–H and O–H groups in total. The first-order chi connectivity index (χ1) is 9.16. The lowest BCUT2D eigenvalue weighted by Crippen LogP contribution is -2.29. The first kappa shape index (κ1) is 11.6. The summed E-state index contributed by atoms with van der Waals surface area (Å²) in [6.45, 7) is 0.721. The lowest BCUT2D eigenvalue weighted by Gasteiger charge is -2.14. The molecule has 0 spiro atoms. The largest absolute Gasteiger partial charge is 0.481 e. The Labute approximate surface area is 108 Å². The Morgan fingerprint density at radius 2 is 2.21 bits per heavy atom. The fourth-order valence-electron chi connectivity index (χ4n) is 2.32. The Morgan fingerprint density at radius 3 is 2.95 bits per heavy atom. The Morgan fingerprint density at radius 1 is 1.37 bits per heavy atom. The van der Waals surface area contributed by atoms with E-state index in [4.69, 9.17) is 5.11 Å². The number of hydrogen-bond donors (Lipinski definition) is 1. The molecular formula is C12H12N4O3. The highest BCUT2D eigenvalue weighted by Crippen LogP contribution is 2.20. The second-order valence-electron chi connectivity index (χ2n) is 4.54. The van der Waals surface area contributed by atoms with Gasteiger partial charge in [0, 0.05) is 25.5 Å². The zero-order valence-corrected chi connectivity index (χ0v) is 10.1. The van der Waals surface area contributed by atoms with Gasteiger partial charge in [0.05, 0.1) is 29.4 Å². The number of likely N-dealkylation sites (tertiary alicyclic amines) is 1. The van der Waals surface area contributed by atoms with Gasteiger partial charge in [0.1, 0.15) is 0 Å². The van der Waals surface area contributed by atoms with Gasteiger partial charge in [0.2, 0.25) is 0 Å². The van der Waals surface area contributed by atoms with Crippen molar-refractivity contribution in [2.24, 2.45) is 5.92 Å². The Hall–Kier alpha value is -2.44. The molecule has 7 nitrogen and oxygen atoms in total. The molecular weight excluding hydrogens is 248 g/mol. The van der Waals surface area contributed by atoms with Gasteiger partial charge in [-0.25, -0.2) is 4.52 Å². The smallest absolute Gasteiger partial charge is 0.308 e. The highest BCUT2D eigenvalue weighted by Gasteiger charge is 2.32. The molecule has 98 valence electrons. The molecule has 2 aromatic rings. The number of hydrogen-bond acceptors (Lipinski definition) is 4. The van der Waals surface area contributed by atoms with Crippen LogP contribution < -0.4 is 0 Å². The normalized spacial score (nSPS) is 18.9. The molecule has 19 heavy (non-hydrogen) atoms. The van der Waals surface area contributed by atoms with Crippen LogP contribution >= 0.6 is 0 Å². The van der Waals surface area contributed by atoms with E-state index in [2.05, 4.69) is 10.1 Å². The molecule has 3 rings (SSSR count). The standard InChI is InChI=1S/C12H12N4O3/c17-11(15-3-1-8(7-15)12(18)19)9-5-14-16-4-2-13-6-10(9)16/h2,4-6,8H,1,3,7H2,(H,18,19). The molecule has 2 aromatic heterocycles. The number of carbonyl (C=O) groups excluding carboxylic acids is 1. The highest BCUT2D eigenvalue weighted by atomic mass is 16.4. The maximum Gasteiger partial charge on any atom is 0.308 e. The third kappa shape index (κ3) is 1.92. The molecule has 0 bridgehead atoms. The van der Waals surface area contributed by atoms with Gasteiger partial charge in [-0.3, -0.25) is 14.6 Å². The number of rotatable bonds is 2. The maximum absolute atomic E-state index is 12.3. The zero-order chi connectivity index (χ0) is 13.4. The third-order valence-electron chi connectivity index (χ3n) is 3.38. The second-order valence-corrected chi connectivity index (χ2v) is 4.54. The van der Waals surface area contributed by atoms with E-state index in [0.29, 0.717) is 24.0 Å². The fourth-order valence-corrected chi connectivity index (χ4v) is 2.32. The first-order valence-electron chi connectivity index (χ1n) is 5.96. The van der Waals surface area contributed by atoms with Gasteiger partial charge >= 0.3 is 5.97 Å². The van der Waals surface area contributed by atoms with E-state index in [9.17, 15) is 9.59 Å². The number of aromatic nitrogens is 3. The van der Waals surface area contributed by atoms with Crippen molar-refractivity contribution >= 4 is 17.4 Å². The van der Waals surface area contributed by atoms with Gasteiger partial charge in [-0.05, 0) is 6.42 Å². The van der Waals surface area contributed by atoms with E-state index in [1.165, 1.54) is 6.20 Å². The molecule has 1 aliphatic rings. The van der Waals surface area contributed by atoms with Crippen LogP contribution in [0.2, 0.25) is 0 Å². The molecule has 1 unspecified atom stereocenters. The topological polar surface area (TPSA) is 87.8 Å². The average Bonchev–Trinajstić information content (AvgIpc) is 3.05. The summed E-state index contributed by atoms with van der Waals surface area (Å²) in [5, 5.41) is 13.0. The number of carbonyl (C=O) groups is 2. The van der Waals surface area contributed by atoms with E-state index < -0.39 is 11.9 Å². The average molecular weight is 260 g/mol. The van der Waals surface area contributed by atoms with E-state index in [-0.39, 0.29) is 12.5 Å². The summed E-state index contributed by atoms with van der Waals surface area (Å²) in [5.74, 6) is -1.51. The predicted octanol–water partition coefficient (Wildman–Crippen LogP) is 0.276. The molecule has 0 radical (unpaired) electrons. The number of amides is 1. The van der Waals surface area contributed by atoms with Gasteiger partial charge in [-0.15, -0.1) is 0 Å². The Balaban J connectivity index is 1.87. The van der Waals surface area contributed by atoms with Crippen LogP contribution in [0.15, 0.2) is 24.8 Å². The van der Waals surface area contributed by atoms with Crippen LogP contribution in [0.5, 0.6) is 0 Å². The molecule has 1 saturated heterocycles. The summed E-state index contributed by atoms with van der Waals surface area (Å²) >= 11 is 0. The van der Waals surface area contributed by atoms with Gasteiger partial charge in [-0.1, -0.05) is 0 Å². The van der Waals surface area contributed by atoms with Crippen LogP contribution in [0.3, 0.4) is 0 Å². The Bertz CT molecular complexity index is 651. The molecule has 1 aliphatic heterocycles. The van der Waals surface area contributed by atoms with Crippen molar-refractivity contribution in [1.29, 1.82) is 0 Å². The number of aliphatic carboxylic acids is 1. The quantitative estimate of drug-likeness (QED) is 0.837. The number of carboxylic acid groups (broad SMARTS) is 1. The van der Waals surface area contributed by atoms with Crippen molar-refractivity contribution in [3.8, 4) is 0 Å². The maximum atomic E-state index is 12.3. The highest BCUT2D eigenvalue weighted by molar-refractivity contribution is 6.00. The minimum absolute atomic E-state index is 0.188. The van der Waals surface area contributed by atoms with Crippen molar-refractivity contribution in [1.82, 2.24) is 19.5 Å². The van der Waals surface area contributed by atoms with Gasteiger partial charge in [0.15, 0.2) is 0 Å². The van der Waals surface area contributed by atoms with E-state index in [1.807, 2.05) is 0 Å². The van der Waals surface area contributed by atoms with Crippen molar-refractivity contribution in [2.45, 2.75) is 6.42 Å². The summed E-state index contributed by atoms with van der Waals surface area (Å²) in [6.07, 6.45) is 6.82. The summed E-state index contributed by atoms with van der Waals surface area (Å²) < 4.78 is 1.57. The second kappa shape index (κ2) is 4.34. The van der Waals surface area contributed by atoms with Crippen LogP contribution in [0.1, 0.15) is 16.8 Å². The molecule has 1 amide bonds. The van der Waals surface area contributed by atoms with Gasteiger partial charge < -0.3 is 10.0 Å². The van der Waals surface area contributed by atoms with E-state index >= 15 is 0 Å². The fraction of sp³-hybridized carbons (Fsp3) is 0.333. The zero-order valence-electron chi connectivity index (χ0n) is 10.1. The summed E-state index contributed by atoms with van der Waals surface area (Å²) in [7, 11) is 0. The van der Waals surface area contributed by atoms with E-state index in [0.717, 1.165) is 0 Å². The first-order valence-corrected chi connectivity index (χ1v) is 5.96. The molecule has 7 heteroatoms. The van der Waals surface area contributed by atoms with Crippen LogP contribution in [0, 0.1) is 5.92 Å². The molecule has 0 saturated carbocycles. The van der Waals surface area contributed by atoms with Crippen LogP contribution in [0.4, 0.5) is 0 Å². The van der Waals surface area contributed by atoms with Gasteiger partial charge in [-0.2, -0.15) is 5.10 Å².